The number of ether oxygens (including phenoxy) is 10. The van der Waals surface area contributed by atoms with Crippen molar-refractivity contribution in [3.8, 4) is 0 Å². The van der Waals surface area contributed by atoms with Gasteiger partial charge in [0.05, 0.1) is 44.7 Å². The van der Waals surface area contributed by atoms with Crippen molar-refractivity contribution < 1.29 is 119 Å². The van der Waals surface area contributed by atoms with Gasteiger partial charge in [0.2, 0.25) is 0 Å². The molecule has 0 amide bonds. The molecule has 26 atom stereocenters. The minimum Gasteiger partial charge on any atom is -0.394 e. The molecule has 24 nitrogen and oxygen atoms in total. The predicted molar refractivity (Wildman–Crippen MR) is 233 cm³/mol. The maximum absolute atomic E-state index is 11.3. The molecule has 24 heteroatoms. The summed E-state index contributed by atoms with van der Waals surface area (Å²) in [4.78, 5) is 0. The molecule has 0 aromatic carbocycles. The van der Waals surface area contributed by atoms with Crippen LogP contribution < -0.4 is 0 Å². The fraction of sp³-hybridized carbons (Fsp3) is 0.911. The highest BCUT2D eigenvalue weighted by Crippen LogP contribution is 2.35. The SMILES string of the molecule is CC(=CCOC1OC(CO)C(O)C(OC2OC(C)C(O)C(O)C2O)C1OC1OC(C)C(O)C(O)C1O)CCC=C(C)CCCC(C)COC1OC(CO)C(O)C(O)C1OC1OC(C)C(O)C(O)C1O. The highest BCUT2D eigenvalue weighted by atomic mass is 16.8. The van der Waals surface area contributed by atoms with Crippen molar-refractivity contribution in [1.29, 1.82) is 0 Å². The van der Waals surface area contributed by atoms with Crippen LogP contribution in [0.25, 0.3) is 0 Å². The smallest absolute Gasteiger partial charge is 0.187 e. The standard InChI is InChI=1S/C45H78O24/c1-18(10-8-12-20(3)17-61-44-39(34(56)29(51)24(15-46)65-44)68-42-36(58)32(54)27(49)22(5)63-42)9-7-11-19(2)13-14-60-45-40(69-43-37(59)33(55)28(50)23(6)64-43)38(30(52)25(16-47)66-45)67-41-35(57)31(53)26(48)21(4)62-41/h9,13,20-59H,7-8,10-12,14-17H2,1-6H3. The highest BCUT2D eigenvalue weighted by Gasteiger charge is 2.55. The van der Waals surface area contributed by atoms with Crippen LogP contribution in [0.1, 0.15) is 73.6 Å². The third-order valence-corrected chi connectivity index (χ3v) is 13.5. The molecule has 0 aromatic rings. The molecule has 0 aromatic heterocycles. The highest BCUT2D eigenvalue weighted by molar-refractivity contribution is 5.04. The van der Waals surface area contributed by atoms with E-state index < -0.39 is 167 Å². The third-order valence-electron chi connectivity index (χ3n) is 13.5. The molecule has 5 heterocycles. The van der Waals surface area contributed by atoms with Gasteiger partial charge >= 0.3 is 0 Å². The molecule has 5 fully saturated rings. The number of hydrogen-bond acceptors (Lipinski definition) is 24. The van der Waals surface area contributed by atoms with Crippen molar-refractivity contribution in [2.24, 2.45) is 5.92 Å². The van der Waals surface area contributed by atoms with Crippen molar-refractivity contribution in [2.45, 2.75) is 227 Å². The predicted octanol–water partition coefficient (Wildman–Crippen LogP) is -4.35. The average molecular weight is 1000 g/mol. The molecular formula is C45H78O24. The topological polar surface area (TPSA) is 376 Å². The monoisotopic (exact) mass is 1000 g/mol. The molecule has 0 spiro atoms. The molecular weight excluding hydrogens is 924 g/mol. The van der Waals surface area contributed by atoms with Crippen LogP contribution >= 0.6 is 0 Å². The number of allylic oxidation sites excluding steroid dienone is 3. The van der Waals surface area contributed by atoms with Crippen LogP contribution in [0.3, 0.4) is 0 Å². The van der Waals surface area contributed by atoms with E-state index in [4.69, 9.17) is 47.4 Å². The molecule has 5 aliphatic rings. The summed E-state index contributed by atoms with van der Waals surface area (Å²) in [5.41, 5.74) is 2.08. The van der Waals surface area contributed by atoms with Gasteiger partial charge in [0.15, 0.2) is 31.5 Å². The second-order valence-corrected chi connectivity index (χ2v) is 19.1. The number of aliphatic hydroxyl groups is 14. The Morgan fingerprint density at radius 1 is 0.464 bits per heavy atom. The van der Waals surface area contributed by atoms with E-state index in [0.717, 1.165) is 30.4 Å². The van der Waals surface area contributed by atoms with Crippen molar-refractivity contribution in [1.82, 2.24) is 0 Å². The molecule has 26 unspecified atom stereocenters. The van der Waals surface area contributed by atoms with E-state index in [2.05, 4.69) is 6.08 Å². The summed E-state index contributed by atoms with van der Waals surface area (Å²) < 4.78 is 58.3. The third kappa shape index (κ3) is 14.6. The fourth-order valence-corrected chi connectivity index (χ4v) is 8.76. The van der Waals surface area contributed by atoms with Gasteiger partial charge in [0.25, 0.3) is 0 Å². The first kappa shape index (κ1) is 58.4. The first-order valence-electron chi connectivity index (χ1n) is 23.8. The van der Waals surface area contributed by atoms with Gasteiger partial charge in [-0.3, -0.25) is 0 Å². The van der Waals surface area contributed by atoms with Crippen LogP contribution in [-0.4, -0.2) is 251 Å². The quantitative estimate of drug-likeness (QED) is 0.0483. The first-order chi connectivity index (χ1) is 32.6. The van der Waals surface area contributed by atoms with Gasteiger partial charge in [-0.2, -0.15) is 0 Å². The van der Waals surface area contributed by atoms with E-state index in [9.17, 15) is 71.5 Å². The van der Waals surface area contributed by atoms with Crippen molar-refractivity contribution in [3.63, 3.8) is 0 Å². The van der Waals surface area contributed by atoms with Crippen LogP contribution in [-0.2, 0) is 47.4 Å². The summed E-state index contributed by atoms with van der Waals surface area (Å²) in [5.74, 6) is -0.00525. The normalized spacial score (nSPS) is 46.5. The van der Waals surface area contributed by atoms with Crippen LogP contribution in [0.15, 0.2) is 23.3 Å². The Morgan fingerprint density at radius 2 is 0.899 bits per heavy atom. The van der Waals surface area contributed by atoms with Crippen molar-refractivity contribution in [2.75, 3.05) is 26.4 Å². The minimum absolute atomic E-state index is 0.00525. The Bertz CT molecular complexity index is 1590. The van der Waals surface area contributed by atoms with Crippen molar-refractivity contribution >= 4 is 0 Å². The summed E-state index contributed by atoms with van der Waals surface area (Å²) in [6.45, 7) is 8.96. The molecule has 14 N–H and O–H groups in total. The lowest BCUT2D eigenvalue weighted by Crippen LogP contribution is -2.66. The van der Waals surface area contributed by atoms with E-state index in [1.807, 2.05) is 20.8 Å². The lowest BCUT2D eigenvalue weighted by atomic mass is 9.96. The van der Waals surface area contributed by atoms with Gasteiger partial charge < -0.3 is 119 Å². The molecule has 0 saturated carbocycles. The Morgan fingerprint density at radius 3 is 1.39 bits per heavy atom. The summed E-state index contributed by atoms with van der Waals surface area (Å²) in [6.07, 6.45) is -29.1. The number of rotatable bonds is 21. The van der Waals surface area contributed by atoms with E-state index in [0.29, 0.717) is 12.8 Å². The van der Waals surface area contributed by atoms with Gasteiger partial charge in [0, 0.05) is 0 Å². The summed E-state index contributed by atoms with van der Waals surface area (Å²) in [6, 6.07) is 0. The minimum atomic E-state index is -1.79. The summed E-state index contributed by atoms with van der Waals surface area (Å²) in [7, 11) is 0. The largest absolute Gasteiger partial charge is 0.394 e. The molecule has 5 aliphatic heterocycles. The average Bonchev–Trinajstić information content (AvgIpc) is 3.32. The summed E-state index contributed by atoms with van der Waals surface area (Å²) in [5, 5.41) is 146. The van der Waals surface area contributed by atoms with Gasteiger partial charge in [-0.25, -0.2) is 0 Å². The first-order valence-corrected chi connectivity index (χ1v) is 23.8. The van der Waals surface area contributed by atoms with Gasteiger partial charge in [-0.15, -0.1) is 0 Å². The van der Waals surface area contributed by atoms with Crippen LogP contribution in [0.2, 0.25) is 0 Å². The molecule has 69 heavy (non-hydrogen) atoms. The molecule has 5 saturated heterocycles. The zero-order valence-electron chi connectivity index (χ0n) is 39.9. The molecule has 0 bridgehead atoms. The zero-order valence-corrected chi connectivity index (χ0v) is 39.9. The second kappa shape index (κ2) is 26.6. The van der Waals surface area contributed by atoms with E-state index >= 15 is 0 Å². The lowest BCUT2D eigenvalue weighted by Gasteiger charge is -2.48. The fourth-order valence-electron chi connectivity index (χ4n) is 8.76. The van der Waals surface area contributed by atoms with E-state index in [1.165, 1.54) is 20.8 Å². The number of hydrogen-bond donors (Lipinski definition) is 14. The van der Waals surface area contributed by atoms with E-state index in [1.54, 1.807) is 6.08 Å². The van der Waals surface area contributed by atoms with Gasteiger partial charge in [0.1, 0.15) is 104 Å². The molecule has 402 valence electrons. The maximum Gasteiger partial charge on any atom is 0.187 e. The Labute approximate surface area is 401 Å². The Balaban J connectivity index is 1.13. The second-order valence-electron chi connectivity index (χ2n) is 19.1. The maximum atomic E-state index is 11.3. The van der Waals surface area contributed by atoms with Crippen molar-refractivity contribution in [3.05, 3.63) is 23.3 Å². The summed E-state index contributed by atoms with van der Waals surface area (Å²) >= 11 is 0. The van der Waals surface area contributed by atoms with Crippen LogP contribution in [0.5, 0.6) is 0 Å². The van der Waals surface area contributed by atoms with Crippen LogP contribution in [0, 0.1) is 5.92 Å². The Kier molecular flexibility index (Phi) is 22.6. The van der Waals surface area contributed by atoms with Gasteiger partial charge in [-0.1, -0.05) is 30.2 Å². The zero-order chi connectivity index (χ0) is 51.0. The Hall–Kier alpha value is -1.48. The molecule has 0 aliphatic carbocycles. The van der Waals surface area contributed by atoms with Gasteiger partial charge in [-0.05, 0) is 72.6 Å². The van der Waals surface area contributed by atoms with Crippen LogP contribution in [0.4, 0.5) is 0 Å². The number of aliphatic hydroxyl groups excluding tert-OH is 14. The van der Waals surface area contributed by atoms with E-state index in [-0.39, 0.29) is 19.1 Å². The molecule has 0 radical (unpaired) electrons. The lowest BCUT2D eigenvalue weighted by molar-refractivity contribution is -0.388. The molecule has 5 rings (SSSR count).